The number of benzene rings is 2. The van der Waals surface area contributed by atoms with E-state index in [-0.39, 0.29) is 24.0 Å². The number of nitrogens with zero attached hydrogens (tertiary/aromatic N) is 1. The first-order chi connectivity index (χ1) is 19.0. The molecule has 39 heavy (non-hydrogen) atoms. The number of aliphatic hydroxyl groups excluding tert-OH is 1. The van der Waals surface area contributed by atoms with Crippen molar-refractivity contribution < 1.29 is 33.6 Å². The van der Waals surface area contributed by atoms with E-state index in [1.165, 1.54) is 4.90 Å². The Kier molecular flexibility index (Phi) is 9.87. The lowest BCUT2D eigenvalue weighted by molar-refractivity contribution is -0.140. The van der Waals surface area contributed by atoms with Gasteiger partial charge in [-0.15, -0.1) is 0 Å². The summed E-state index contributed by atoms with van der Waals surface area (Å²) in [6.07, 6.45) is 5.53. The Balaban J connectivity index is 1.72. The first-order valence-corrected chi connectivity index (χ1v) is 13.9. The predicted octanol–water partition coefficient (Wildman–Crippen LogP) is 5.65. The number of methoxy groups -OCH3 is 1. The van der Waals surface area contributed by atoms with E-state index in [0.29, 0.717) is 48.2 Å². The Labute approximate surface area is 230 Å². The minimum Gasteiger partial charge on any atom is -0.507 e. The number of aliphatic hydroxyl groups is 1. The number of unbranched alkanes of at least 4 members (excludes halogenated alkanes) is 2. The Morgan fingerprint density at radius 3 is 2.46 bits per heavy atom. The summed E-state index contributed by atoms with van der Waals surface area (Å²) in [6, 6.07) is 11.5. The van der Waals surface area contributed by atoms with Gasteiger partial charge in [-0.2, -0.15) is 0 Å². The zero-order chi connectivity index (χ0) is 27.8. The molecule has 0 aromatic heterocycles. The molecule has 2 unspecified atom stereocenters. The third kappa shape index (κ3) is 6.56. The summed E-state index contributed by atoms with van der Waals surface area (Å²) in [7, 11) is 1.56. The first-order valence-electron chi connectivity index (χ1n) is 13.9. The van der Waals surface area contributed by atoms with Crippen LogP contribution in [0.25, 0.3) is 5.76 Å². The van der Waals surface area contributed by atoms with Crippen LogP contribution in [0.3, 0.4) is 0 Å². The normalized spacial score (nSPS) is 20.4. The third-order valence-electron chi connectivity index (χ3n) is 7.07. The van der Waals surface area contributed by atoms with Crippen molar-refractivity contribution in [1.29, 1.82) is 0 Å². The van der Waals surface area contributed by atoms with Gasteiger partial charge in [-0.3, -0.25) is 9.59 Å². The second-order valence-electron chi connectivity index (χ2n) is 9.93. The van der Waals surface area contributed by atoms with Crippen LogP contribution >= 0.6 is 0 Å². The van der Waals surface area contributed by atoms with Gasteiger partial charge in [0.05, 0.1) is 38.0 Å². The van der Waals surface area contributed by atoms with Gasteiger partial charge in [0.2, 0.25) is 0 Å². The number of ether oxygens (including phenoxy) is 4. The van der Waals surface area contributed by atoms with Crippen molar-refractivity contribution >= 4 is 17.4 Å². The number of hydrogen-bond acceptors (Lipinski definition) is 7. The Hall–Kier alpha value is -3.52. The van der Waals surface area contributed by atoms with Crippen molar-refractivity contribution in [3.05, 3.63) is 59.2 Å². The van der Waals surface area contributed by atoms with Gasteiger partial charge in [0.1, 0.15) is 11.5 Å². The van der Waals surface area contributed by atoms with Gasteiger partial charge in [-0.1, -0.05) is 32.8 Å². The molecule has 2 aromatic rings. The number of rotatable bonds is 13. The van der Waals surface area contributed by atoms with Gasteiger partial charge in [0.15, 0.2) is 11.5 Å². The first kappa shape index (κ1) is 28.5. The highest BCUT2D eigenvalue weighted by Gasteiger charge is 2.47. The van der Waals surface area contributed by atoms with Crippen LogP contribution in [0.2, 0.25) is 0 Å². The highest BCUT2D eigenvalue weighted by atomic mass is 16.5. The molecule has 0 radical (unpaired) electrons. The van der Waals surface area contributed by atoms with E-state index >= 15 is 0 Å². The molecule has 2 aromatic carbocycles. The molecule has 0 aliphatic carbocycles. The molecule has 210 valence electrons. The Morgan fingerprint density at radius 2 is 1.79 bits per heavy atom. The largest absolute Gasteiger partial charge is 0.507 e. The molecule has 4 rings (SSSR count). The number of carbonyl (C=O) groups is 2. The molecule has 0 saturated carbocycles. The lowest BCUT2D eigenvalue weighted by Gasteiger charge is -2.28. The second-order valence-corrected chi connectivity index (χ2v) is 9.93. The van der Waals surface area contributed by atoms with Gasteiger partial charge in [-0.25, -0.2) is 0 Å². The zero-order valence-corrected chi connectivity index (χ0v) is 23.1. The van der Waals surface area contributed by atoms with Gasteiger partial charge in [0, 0.05) is 18.7 Å². The fraction of sp³-hybridized carbons (Fsp3) is 0.484. The maximum atomic E-state index is 13.4. The average Bonchev–Trinajstić information content (AvgIpc) is 3.56. The molecule has 2 aliphatic rings. The smallest absolute Gasteiger partial charge is 0.295 e. The maximum Gasteiger partial charge on any atom is 0.295 e. The lowest BCUT2D eigenvalue weighted by atomic mass is 9.94. The summed E-state index contributed by atoms with van der Waals surface area (Å²) in [5, 5.41) is 11.4. The van der Waals surface area contributed by atoms with Crippen molar-refractivity contribution in [1.82, 2.24) is 4.90 Å². The van der Waals surface area contributed by atoms with Crippen LogP contribution in [0.4, 0.5) is 0 Å². The molecule has 0 spiro atoms. The van der Waals surface area contributed by atoms with Gasteiger partial charge >= 0.3 is 0 Å². The number of Topliss-reactive ketones (excluding diaryl/α,β-unsaturated/α-hetero) is 1. The van der Waals surface area contributed by atoms with E-state index < -0.39 is 17.7 Å². The number of carbonyl (C=O) groups excluding carboxylic acids is 2. The minimum atomic E-state index is -0.798. The molecule has 0 bridgehead atoms. The van der Waals surface area contributed by atoms with Gasteiger partial charge in [-0.05, 0) is 67.6 Å². The molecule has 8 nitrogen and oxygen atoms in total. The highest BCUT2D eigenvalue weighted by Crippen LogP contribution is 2.42. The van der Waals surface area contributed by atoms with Crippen LogP contribution in [-0.4, -0.2) is 61.3 Å². The zero-order valence-electron chi connectivity index (χ0n) is 23.1. The highest BCUT2D eigenvalue weighted by molar-refractivity contribution is 6.46. The number of ketones is 1. The molecular weight excluding hydrogens is 498 g/mol. The van der Waals surface area contributed by atoms with Crippen LogP contribution in [0, 0.1) is 0 Å². The third-order valence-corrected chi connectivity index (χ3v) is 7.07. The number of amides is 1. The van der Waals surface area contributed by atoms with Crippen molar-refractivity contribution in [2.45, 2.75) is 64.5 Å². The quantitative estimate of drug-likeness (QED) is 0.153. The minimum absolute atomic E-state index is 0.0406. The SMILES string of the molecule is CCCCCOc1ccc(C2/C(=C(/O)c3ccc(OCCC)cc3)C(=O)C(=O)N2CC2CCCO2)cc1OC. The molecule has 2 aliphatic heterocycles. The molecule has 2 heterocycles. The van der Waals surface area contributed by atoms with E-state index in [4.69, 9.17) is 18.9 Å². The standard InChI is InChI=1S/C31H39NO7/c1-4-6-7-17-39-25-15-12-22(19-26(25)36-3)28-27(29(33)21-10-13-23(14-11-21)37-16-5-2)30(34)31(35)32(28)20-24-9-8-18-38-24/h10-15,19,24,28,33H,4-9,16-18,20H2,1-3H3/b29-27-. The topological polar surface area (TPSA) is 94.5 Å². The van der Waals surface area contributed by atoms with Gasteiger partial charge < -0.3 is 29.0 Å². The lowest BCUT2D eigenvalue weighted by Crippen LogP contribution is -2.36. The Morgan fingerprint density at radius 1 is 1.00 bits per heavy atom. The van der Waals surface area contributed by atoms with Crippen molar-refractivity contribution in [3.8, 4) is 17.2 Å². The summed E-state index contributed by atoms with van der Waals surface area (Å²) >= 11 is 0. The van der Waals surface area contributed by atoms with Crippen molar-refractivity contribution in [2.75, 3.05) is 33.5 Å². The summed E-state index contributed by atoms with van der Waals surface area (Å²) in [5.74, 6) is 0.164. The molecular formula is C31H39NO7. The number of likely N-dealkylation sites (tertiary alicyclic amines) is 1. The van der Waals surface area contributed by atoms with Crippen LogP contribution in [0.15, 0.2) is 48.0 Å². The predicted molar refractivity (Wildman–Crippen MR) is 148 cm³/mol. The number of hydrogen-bond donors (Lipinski definition) is 1. The molecule has 1 N–H and O–H groups in total. The fourth-order valence-corrected chi connectivity index (χ4v) is 5.01. The summed E-state index contributed by atoms with van der Waals surface area (Å²) in [4.78, 5) is 28.2. The fourth-order valence-electron chi connectivity index (χ4n) is 5.01. The molecule has 2 saturated heterocycles. The van der Waals surface area contributed by atoms with Crippen LogP contribution in [0.5, 0.6) is 17.2 Å². The average molecular weight is 538 g/mol. The molecule has 2 atom stereocenters. The van der Waals surface area contributed by atoms with Gasteiger partial charge in [0.25, 0.3) is 11.7 Å². The summed E-state index contributed by atoms with van der Waals surface area (Å²) < 4.78 is 23.0. The van der Waals surface area contributed by atoms with E-state index in [1.807, 2.05) is 13.0 Å². The summed E-state index contributed by atoms with van der Waals surface area (Å²) in [6.45, 7) is 6.20. The maximum absolute atomic E-state index is 13.4. The molecule has 2 fully saturated rings. The van der Waals surface area contributed by atoms with Crippen molar-refractivity contribution in [2.24, 2.45) is 0 Å². The molecule has 8 heteroatoms. The van der Waals surface area contributed by atoms with E-state index in [1.54, 1.807) is 43.5 Å². The second kappa shape index (κ2) is 13.5. The monoisotopic (exact) mass is 537 g/mol. The van der Waals surface area contributed by atoms with Crippen LogP contribution < -0.4 is 14.2 Å². The van der Waals surface area contributed by atoms with E-state index in [0.717, 1.165) is 38.5 Å². The van der Waals surface area contributed by atoms with Crippen molar-refractivity contribution in [3.63, 3.8) is 0 Å². The van der Waals surface area contributed by atoms with Crippen LogP contribution in [0.1, 0.15) is 69.5 Å². The van der Waals surface area contributed by atoms with E-state index in [2.05, 4.69) is 6.92 Å². The van der Waals surface area contributed by atoms with E-state index in [9.17, 15) is 14.7 Å². The Bertz CT molecular complexity index is 1170. The molecule has 1 amide bonds. The summed E-state index contributed by atoms with van der Waals surface area (Å²) in [5.41, 5.74) is 1.12. The van der Waals surface area contributed by atoms with Crippen LogP contribution in [-0.2, 0) is 14.3 Å².